The van der Waals surface area contributed by atoms with Gasteiger partial charge in [0.2, 0.25) is 0 Å². The van der Waals surface area contributed by atoms with Crippen molar-refractivity contribution in [3.05, 3.63) is 50.3 Å². The molecule has 0 saturated carbocycles. The summed E-state index contributed by atoms with van der Waals surface area (Å²) in [6, 6.07) is 3.57. The summed E-state index contributed by atoms with van der Waals surface area (Å²) in [5.74, 6) is -1.09. The van der Waals surface area contributed by atoms with Crippen LogP contribution in [0.25, 0.3) is 17.0 Å². The molecule has 0 spiro atoms. The van der Waals surface area contributed by atoms with E-state index in [1.54, 1.807) is 13.0 Å². The van der Waals surface area contributed by atoms with Crippen LogP contribution in [0.5, 0.6) is 0 Å². The molecule has 0 aliphatic rings. The Morgan fingerprint density at radius 1 is 1.32 bits per heavy atom. The fourth-order valence-electron chi connectivity index (χ4n) is 2.01. The average Bonchev–Trinajstić information content (AvgIpc) is 2.34. The van der Waals surface area contributed by atoms with Crippen LogP contribution < -0.4 is 5.56 Å². The SMILES string of the molecule is Cc1c(/C=C/C(=O)O)c(=O)[nH]c2c(C)c(Cl)ccc12. The molecule has 4 nitrogen and oxygen atoms in total. The van der Waals surface area contributed by atoms with Crippen LogP contribution in [0.1, 0.15) is 16.7 Å². The van der Waals surface area contributed by atoms with Gasteiger partial charge in [-0.05, 0) is 37.1 Å². The second-order valence-electron chi connectivity index (χ2n) is 4.26. The number of hydrogen-bond donors (Lipinski definition) is 2. The highest BCUT2D eigenvalue weighted by Gasteiger charge is 2.10. The number of carboxylic acids is 1. The maximum absolute atomic E-state index is 12.0. The van der Waals surface area contributed by atoms with E-state index in [2.05, 4.69) is 4.98 Å². The van der Waals surface area contributed by atoms with Gasteiger partial charge in [0, 0.05) is 22.0 Å². The number of halogens is 1. The van der Waals surface area contributed by atoms with Gasteiger partial charge < -0.3 is 10.1 Å². The lowest BCUT2D eigenvalue weighted by Gasteiger charge is -2.09. The smallest absolute Gasteiger partial charge is 0.328 e. The van der Waals surface area contributed by atoms with Crippen LogP contribution in [0.3, 0.4) is 0 Å². The van der Waals surface area contributed by atoms with Gasteiger partial charge in [-0.1, -0.05) is 17.7 Å². The average molecular weight is 278 g/mol. The number of H-pyrrole nitrogens is 1. The maximum atomic E-state index is 12.0. The molecule has 1 aromatic heterocycles. The van der Waals surface area contributed by atoms with Crippen LogP contribution in [0.15, 0.2) is 23.0 Å². The van der Waals surface area contributed by atoms with E-state index in [1.807, 2.05) is 13.0 Å². The first-order valence-corrected chi connectivity index (χ1v) is 6.02. The van der Waals surface area contributed by atoms with Gasteiger partial charge in [0.05, 0.1) is 5.52 Å². The van der Waals surface area contributed by atoms with E-state index in [-0.39, 0.29) is 5.56 Å². The fourth-order valence-corrected chi connectivity index (χ4v) is 2.17. The number of aromatic amines is 1. The second-order valence-corrected chi connectivity index (χ2v) is 4.67. The van der Waals surface area contributed by atoms with Gasteiger partial charge in [0.15, 0.2) is 0 Å². The molecule has 0 radical (unpaired) electrons. The summed E-state index contributed by atoms with van der Waals surface area (Å²) < 4.78 is 0. The van der Waals surface area contributed by atoms with Crippen LogP contribution in [0, 0.1) is 13.8 Å². The summed E-state index contributed by atoms with van der Waals surface area (Å²) in [6.45, 7) is 3.61. The van der Waals surface area contributed by atoms with Crippen molar-refractivity contribution in [2.45, 2.75) is 13.8 Å². The Kier molecular flexibility index (Phi) is 3.44. The van der Waals surface area contributed by atoms with Gasteiger partial charge in [0.1, 0.15) is 0 Å². The zero-order valence-electron chi connectivity index (χ0n) is 10.5. The Morgan fingerprint density at radius 2 is 2.00 bits per heavy atom. The van der Waals surface area contributed by atoms with Crippen LogP contribution in [0.2, 0.25) is 5.02 Å². The minimum Gasteiger partial charge on any atom is -0.478 e. The van der Waals surface area contributed by atoms with Crippen molar-refractivity contribution in [3.63, 3.8) is 0 Å². The Bertz CT molecular complexity index is 759. The molecule has 0 unspecified atom stereocenters. The molecule has 1 aromatic carbocycles. The number of aliphatic carboxylic acids is 1. The molecule has 2 rings (SSSR count). The van der Waals surface area contributed by atoms with Crippen molar-refractivity contribution in [1.29, 1.82) is 0 Å². The lowest BCUT2D eigenvalue weighted by atomic mass is 10.0. The molecule has 19 heavy (non-hydrogen) atoms. The van der Waals surface area contributed by atoms with E-state index in [9.17, 15) is 9.59 Å². The lowest BCUT2D eigenvalue weighted by molar-refractivity contribution is -0.131. The highest BCUT2D eigenvalue weighted by Crippen LogP contribution is 2.26. The van der Waals surface area contributed by atoms with E-state index >= 15 is 0 Å². The molecule has 0 aliphatic heterocycles. The fraction of sp³-hybridized carbons (Fsp3) is 0.143. The third-order valence-electron chi connectivity index (χ3n) is 3.08. The predicted octanol–water partition coefficient (Wildman–Crippen LogP) is 2.90. The first-order valence-electron chi connectivity index (χ1n) is 5.64. The molecule has 0 amide bonds. The standard InChI is InChI=1S/C14H12ClNO3/c1-7-9-3-5-11(15)8(2)13(9)16-14(19)10(7)4-6-12(17)18/h3-6H,1-2H3,(H,16,19)(H,17,18)/b6-4+. The molecule has 98 valence electrons. The lowest BCUT2D eigenvalue weighted by Crippen LogP contribution is -2.12. The summed E-state index contributed by atoms with van der Waals surface area (Å²) in [7, 11) is 0. The molecule has 2 aromatic rings. The number of carboxylic acid groups (broad SMARTS) is 1. The summed E-state index contributed by atoms with van der Waals surface area (Å²) in [5.41, 5.74) is 2.23. The molecule has 5 heteroatoms. The normalized spacial score (nSPS) is 11.3. The molecule has 2 N–H and O–H groups in total. The Morgan fingerprint density at radius 3 is 2.63 bits per heavy atom. The Labute approximate surface area is 114 Å². The summed E-state index contributed by atoms with van der Waals surface area (Å²) in [4.78, 5) is 25.3. The maximum Gasteiger partial charge on any atom is 0.328 e. The molecule has 0 saturated heterocycles. The van der Waals surface area contributed by atoms with Crippen molar-refractivity contribution in [2.75, 3.05) is 0 Å². The monoisotopic (exact) mass is 277 g/mol. The van der Waals surface area contributed by atoms with Crippen LogP contribution in [0.4, 0.5) is 0 Å². The van der Waals surface area contributed by atoms with Gasteiger partial charge in [-0.15, -0.1) is 0 Å². The molecule has 0 aliphatic carbocycles. The Balaban J connectivity index is 2.80. The van der Waals surface area contributed by atoms with E-state index in [0.717, 1.165) is 22.6 Å². The van der Waals surface area contributed by atoms with Gasteiger partial charge in [-0.2, -0.15) is 0 Å². The van der Waals surface area contributed by atoms with Crippen molar-refractivity contribution >= 4 is 34.5 Å². The van der Waals surface area contributed by atoms with E-state index in [0.29, 0.717) is 16.1 Å². The highest BCUT2D eigenvalue weighted by molar-refractivity contribution is 6.32. The molecular formula is C14H12ClNO3. The first kappa shape index (κ1) is 13.4. The topological polar surface area (TPSA) is 70.2 Å². The number of rotatable bonds is 2. The molecule has 0 bridgehead atoms. The number of nitrogens with one attached hydrogen (secondary N) is 1. The van der Waals surface area contributed by atoms with Gasteiger partial charge in [-0.3, -0.25) is 4.79 Å². The van der Waals surface area contributed by atoms with E-state index < -0.39 is 5.97 Å². The highest BCUT2D eigenvalue weighted by atomic mass is 35.5. The molecule has 0 fully saturated rings. The van der Waals surface area contributed by atoms with Gasteiger partial charge >= 0.3 is 5.97 Å². The van der Waals surface area contributed by atoms with Crippen LogP contribution in [-0.2, 0) is 4.79 Å². The van der Waals surface area contributed by atoms with E-state index in [4.69, 9.17) is 16.7 Å². The molecule has 1 heterocycles. The zero-order valence-corrected chi connectivity index (χ0v) is 11.2. The van der Waals surface area contributed by atoms with Crippen molar-refractivity contribution in [2.24, 2.45) is 0 Å². The largest absolute Gasteiger partial charge is 0.478 e. The molecular weight excluding hydrogens is 266 g/mol. The van der Waals surface area contributed by atoms with Crippen molar-refractivity contribution in [1.82, 2.24) is 4.98 Å². The minimum atomic E-state index is -1.09. The molecule has 0 atom stereocenters. The van der Waals surface area contributed by atoms with Gasteiger partial charge in [-0.25, -0.2) is 4.79 Å². The number of hydrogen-bond acceptors (Lipinski definition) is 2. The third-order valence-corrected chi connectivity index (χ3v) is 3.49. The van der Waals surface area contributed by atoms with Gasteiger partial charge in [0.25, 0.3) is 5.56 Å². The zero-order chi connectivity index (χ0) is 14.2. The van der Waals surface area contributed by atoms with E-state index in [1.165, 1.54) is 6.08 Å². The quantitative estimate of drug-likeness (QED) is 0.829. The van der Waals surface area contributed by atoms with Crippen molar-refractivity contribution < 1.29 is 9.90 Å². The second kappa shape index (κ2) is 4.90. The summed E-state index contributed by atoms with van der Waals surface area (Å²) in [6.07, 6.45) is 2.26. The minimum absolute atomic E-state index is 0.326. The number of carbonyl (C=O) groups is 1. The van der Waals surface area contributed by atoms with Crippen LogP contribution >= 0.6 is 11.6 Å². The predicted molar refractivity (Wildman–Crippen MR) is 75.7 cm³/mol. The summed E-state index contributed by atoms with van der Waals surface area (Å²) >= 11 is 6.02. The van der Waals surface area contributed by atoms with Crippen molar-refractivity contribution in [3.8, 4) is 0 Å². The number of benzene rings is 1. The number of pyridine rings is 1. The number of fused-ring (bicyclic) bond motifs is 1. The third kappa shape index (κ3) is 2.39. The first-order chi connectivity index (χ1) is 8.91. The number of aryl methyl sites for hydroxylation is 2. The Hall–Kier alpha value is -2.07. The summed E-state index contributed by atoms with van der Waals surface area (Å²) in [5, 5.41) is 10.1. The number of aromatic nitrogens is 1. The van der Waals surface area contributed by atoms with Crippen LogP contribution in [-0.4, -0.2) is 16.1 Å².